The second-order valence-corrected chi connectivity index (χ2v) is 5.44. The van der Waals surface area contributed by atoms with Crippen LogP contribution in [0.15, 0.2) is 18.2 Å². The summed E-state index contributed by atoms with van der Waals surface area (Å²) >= 11 is 0. The first-order chi connectivity index (χ1) is 8.61. The molecular weight excluding hydrogens is 226 g/mol. The van der Waals surface area contributed by atoms with Crippen molar-refractivity contribution in [2.45, 2.75) is 38.1 Å². The zero-order chi connectivity index (χ0) is 13.0. The van der Waals surface area contributed by atoms with Crippen LogP contribution < -0.4 is 10.5 Å². The van der Waals surface area contributed by atoms with Crippen molar-refractivity contribution in [2.75, 3.05) is 20.3 Å². The molecule has 0 aromatic heterocycles. The van der Waals surface area contributed by atoms with E-state index in [0.717, 1.165) is 44.6 Å². The third kappa shape index (κ3) is 3.47. The van der Waals surface area contributed by atoms with Crippen LogP contribution in [0.25, 0.3) is 0 Å². The van der Waals surface area contributed by atoms with E-state index in [4.69, 9.17) is 15.2 Å². The van der Waals surface area contributed by atoms with Gasteiger partial charge in [-0.1, -0.05) is 12.1 Å². The maximum absolute atomic E-state index is 6.26. The lowest BCUT2D eigenvalue weighted by Crippen LogP contribution is -2.37. The van der Waals surface area contributed by atoms with E-state index >= 15 is 0 Å². The van der Waals surface area contributed by atoms with Crippen molar-refractivity contribution in [2.24, 2.45) is 5.73 Å². The van der Waals surface area contributed by atoms with Crippen LogP contribution >= 0.6 is 0 Å². The van der Waals surface area contributed by atoms with Crippen LogP contribution in [-0.4, -0.2) is 25.9 Å². The number of hydrogen-bond acceptors (Lipinski definition) is 3. The van der Waals surface area contributed by atoms with Gasteiger partial charge in [0.05, 0.1) is 6.61 Å². The Hall–Kier alpha value is -1.06. The Kier molecular flexibility index (Phi) is 4.25. The maximum atomic E-state index is 6.26. The molecule has 0 fully saturated rings. The highest BCUT2D eigenvalue weighted by Gasteiger charge is 2.18. The third-order valence-corrected chi connectivity index (χ3v) is 3.62. The van der Waals surface area contributed by atoms with Crippen LogP contribution in [0.5, 0.6) is 5.75 Å². The fourth-order valence-electron chi connectivity index (χ4n) is 2.29. The quantitative estimate of drug-likeness (QED) is 0.841. The van der Waals surface area contributed by atoms with E-state index in [1.165, 1.54) is 11.1 Å². The molecule has 1 unspecified atom stereocenters. The number of fused-ring (bicyclic) bond motifs is 1. The predicted octanol–water partition coefficient (Wildman–Crippen LogP) is 2.31. The Balaban J connectivity index is 1.90. The van der Waals surface area contributed by atoms with Crippen LogP contribution in [0.2, 0.25) is 0 Å². The van der Waals surface area contributed by atoms with Crippen molar-refractivity contribution in [3.63, 3.8) is 0 Å². The van der Waals surface area contributed by atoms with Gasteiger partial charge in [-0.3, -0.25) is 0 Å². The highest BCUT2D eigenvalue weighted by Crippen LogP contribution is 2.27. The van der Waals surface area contributed by atoms with Gasteiger partial charge >= 0.3 is 0 Å². The van der Waals surface area contributed by atoms with Gasteiger partial charge in [-0.15, -0.1) is 0 Å². The van der Waals surface area contributed by atoms with Gasteiger partial charge in [0.15, 0.2) is 0 Å². The van der Waals surface area contributed by atoms with Gasteiger partial charge < -0.3 is 15.2 Å². The van der Waals surface area contributed by atoms with Gasteiger partial charge in [-0.2, -0.15) is 0 Å². The number of nitrogens with two attached hydrogens (primary N) is 1. The normalized spacial score (nSPS) is 17.1. The summed E-state index contributed by atoms with van der Waals surface area (Å²) in [6.07, 6.45) is 3.93. The van der Waals surface area contributed by atoms with Crippen molar-refractivity contribution in [3.8, 4) is 5.75 Å². The number of benzene rings is 1. The SMILES string of the molecule is COCCC(C)(N)CCc1ccc2c(c1)CCO2. The molecular formula is C15H23NO2. The zero-order valence-corrected chi connectivity index (χ0v) is 11.4. The first-order valence-electron chi connectivity index (χ1n) is 6.63. The number of hydrogen-bond donors (Lipinski definition) is 1. The predicted molar refractivity (Wildman–Crippen MR) is 73.0 cm³/mol. The number of rotatable bonds is 6. The van der Waals surface area contributed by atoms with Crippen LogP contribution in [0.4, 0.5) is 0 Å². The Bertz CT molecular complexity index is 401. The average Bonchev–Trinajstić information content (AvgIpc) is 2.81. The van der Waals surface area contributed by atoms with Crippen LogP contribution in [0.3, 0.4) is 0 Å². The Labute approximate surface area is 109 Å². The first kappa shape index (κ1) is 13.4. The van der Waals surface area contributed by atoms with Crippen molar-refractivity contribution >= 4 is 0 Å². The van der Waals surface area contributed by atoms with Gasteiger partial charge in [-0.25, -0.2) is 0 Å². The molecule has 2 rings (SSSR count). The van der Waals surface area contributed by atoms with E-state index in [0.29, 0.717) is 0 Å². The second kappa shape index (κ2) is 5.72. The van der Waals surface area contributed by atoms with Gasteiger partial charge in [-0.05, 0) is 43.4 Å². The highest BCUT2D eigenvalue weighted by molar-refractivity contribution is 5.39. The fraction of sp³-hybridized carbons (Fsp3) is 0.600. The molecule has 1 aromatic carbocycles. The standard InChI is InChI=1S/C15H23NO2/c1-15(16,8-10-17-2)7-5-12-3-4-14-13(11-12)6-9-18-14/h3-4,11H,5-10,16H2,1-2H3. The van der Waals surface area contributed by atoms with E-state index in [1.807, 2.05) is 0 Å². The molecule has 0 bridgehead atoms. The summed E-state index contributed by atoms with van der Waals surface area (Å²) in [5, 5.41) is 0. The molecule has 0 saturated carbocycles. The Morgan fingerprint density at radius 3 is 3.00 bits per heavy atom. The smallest absolute Gasteiger partial charge is 0.122 e. The van der Waals surface area contributed by atoms with E-state index in [-0.39, 0.29) is 5.54 Å². The number of methoxy groups -OCH3 is 1. The minimum Gasteiger partial charge on any atom is -0.493 e. The van der Waals surface area contributed by atoms with E-state index in [9.17, 15) is 0 Å². The van der Waals surface area contributed by atoms with Crippen molar-refractivity contribution in [1.29, 1.82) is 0 Å². The van der Waals surface area contributed by atoms with Crippen LogP contribution in [0.1, 0.15) is 30.9 Å². The molecule has 1 aliphatic heterocycles. The lowest BCUT2D eigenvalue weighted by Gasteiger charge is -2.24. The van der Waals surface area contributed by atoms with Crippen molar-refractivity contribution in [3.05, 3.63) is 29.3 Å². The summed E-state index contributed by atoms with van der Waals surface area (Å²) in [5.74, 6) is 1.05. The Morgan fingerprint density at radius 1 is 1.39 bits per heavy atom. The summed E-state index contributed by atoms with van der Waals surface area (Å²) in [6.45, 7) is 3.65. The molecule has 0 spiro atoms. The van der Waals surface area contributed by atoms with Gasteiger partial charge in [0.1, 0.15) is 5.75 Å². The third-order valence-electron chi connectivity index (χ3n) is 3.62. The van der Waals surface area contributed by atoms with E-state index < -0.39 is 0 Å². The van der Waals surface area contributed by atoms with Crippen molar-refractivity contribution < 1.29 is 9.47 Å². The van der Waals surface area contributed by atoms with Gasteiger partial charge in [0.2, 0.25) is 0 Å². The molecule has 0 amide bonds. The summed E-state index contributed by atoms with van der Waals surface area (Å²) in [4.78, 5) is 0. The summed E-state index contributed by atoms with van der Waals surface area (Å²) in [7, 11) is 1.72. The molecule has 18 heavy (non-hydrogen) atoms. The molecule has 1 atom stereocenters. The molecule has 1 aromatic rings. The highest BCUT2D eigenvalue weighted by atomic mass is 16.5. The molecule has 1 heterocycles. The minimum absolute atomic E-state index is 0.147. The fourth-order valence-corrected chi connectivity index (χ4v) is 2.29. The van der Waals surface area contributed by atoms with E-state index in [1.54, 1.807) is 7.11 Å². The molecule has 3 heteroatoms. The lowest BCUT2D eigenvalue weighted by atomic mass is 9.91. The minimum atomic E-state index is -0.147. The molecule has 1 aliphatic rings. The average molecular weight is 249 g/mol. The largest absolute Gasteiger partial charge is 0.493 e. The Morgan fingerprint density at radius 2 is 2.22 bits per heavy atom. The van der Waals surface area contributed by atoms with Crippen LogP contribution in [0, 0.1) is 0 Å². The second-order valence-electron chi connectivity index (χ2n) is 5.44. The monoisotopic (exact) mass is 249 g/mol. The van der Waals surface area contributed by atoms with Gasteiger partial charge in [0, 0.05) is 25.7 Å². The van der Waals surface area contributed by atoms with Crippen molar-refractivity contribution in [1.82, 2.24) is 0 Å². The summed E-state index contributed by atoms with van der Waals surface area (Å²) in [5.41, 5.74) is 8.80. The summed E-state index contributed by atoms with van der Waals surface area (Å²) in [6, 6.07) is 6.49. The first-order valence-corrected chi connectivity index (χ1v) is 6.63. The van der Waals surface area contributed by atoms with E-state index in [2.05, 4.69) is 25.1 Å². The molecule has 100 valence electrons. The number of ether oxygens (including phenoxy) is 2. The maximum Gasteiger partial charge on any atom is 0.122 e. The lowest BCUT2D eigenvalue weighted by molar-refractivity contribution is 0.169. The number of aryl methyl sites for hydroxylation is 1. The molecule has 0 radical (unpaired) electrons. The topological polar surface area (TPSA) is 44.5 Å². The molecule has 0 aliphatic carbocycles. The zero-order valence-electron chi connectivity index (χ0n) is 11.4. The molecule has 0 saturated heterocycles. The molecule has 2 N–H and O–H groups in total. The molecule has 3 nitrogen and oxygen atoms in total. The summed E-state index contributed by atoms with van der Waals surface area (Å²) < 4.78 is 10.6. The van der Waals surface area contributed by atoms with Gasteiger partial charge in [0.25, 0.3) is 0 Å². The van der Waals surface area contributed by atoms with Crippen LogP contribution in [-0.2, 0) is 17.6 Å².